The Kier molecular flexibility index (Phi) is 5.59. The van der Waals surface area contributed by atoms with Crippen LogP contribution in [0.3, 0.4) is 0 Å². The van der Waals surface area contributed by atoms with Crippen molar-refractivity contribution in [2.45, 2.75) is 25.3 Å². The van der Waals surface area contributed by atoms with Crippen LogP contribution in [0.2, 0.25) is 0 Å². The predicted molar refractivity (Wildman–Crippen MR) is 111 cm³/mol. The van der Waals surface area contributed by atoms with Crippen LogP contribution in [0, 0.1) is 0 Å². The van der Waals surface area contributed by atoms with Crippen LogP contribution < -0.4 is 9.80 Å². The largest absolute Gasteiger partial charge is 0.395 e. The maximum Gasteiger partial charge on any atom is 0.259 e. The molecule has 2 aromatic rings. The molecule has 0 spiro atoms. The van der Waals surface area contributed by atoms with Gasteiger partial charge in [0.05, 0.1) is 12.2 Å². The molecule has 0 aliphatic carbocycles. The van der Waals surface area contributed by atoms with Crippen LogP contribution in [0.25, 0.3) is 0 Å². The molecule has 6 heteroatoms. The van der Waals surface area contributed by atoms with Gasteiger partial charge in [0.2, 0.25) is 0 Å². The standard InChI is InChI=1S/C22H28N4O2/c1-24(14-15-27)19-9-11-25(12-10-19)21-7-6-18(16-23-21)22(28)26-13-8-17-4-2-3-5-20(17)26/h2-7,16,19,27H,8-15H2,1H3. The van der Waals surface area contributed by atoms with E-state index >= 15 is 0 Å². The van der Waals surface area contributed by atoms with Gasteiger partial charge in [-0.15, -0.1) is 0 Å². The van der Waals surface area contributed by atoms with Crippen LogP contribution in [0.15, 0.2) is 42.6 Å². The highest BCUT2D eigenvalue weighted by atomic mass is 16.3. The quantitative estimate of drug-likeness (QED) is 0.862. The zero-order chi connectivity index (χ0) is 19.5. The molecule has 1 N–H and O–H groups in total. The molecule has 1 aromatic heterocycles. The summed E-state index contributed by atoms with van der Waals surface area (Å²) in [4.78, 5) is 23.9. The number of fused-ring (bicyclic) bond motifs is 1. The van der Waals surface area contributed by atoms with Crippen LogP contribution in [0.4, 0.5) is 11.5 Å². The van der Waals surface area contributed by atoms with E-state index in [2.05, 4.69) is 27.9 Å². The number of para-hydroxylation sites is 1. The number of aliphatic hydroxyl groups is 1. The van der Waals surface area contributed by atoms with Crippen LogP contribution in [0.1, 0.15) is 28.8 Å². The molecule has 148 valence electrons. The Morgan fingerprint density at radius 1 is 1.18 bits per heavy atom. The molecule has 0 unspecified atom stereocenters. The van der Waals surface area contributed by atoms with Crippen molar-refractivity contribution < 1.29 is 9.90 Å². The van der Waals surface area contributed by atoms with E-state index < -0.39 is 0 Å². The first-order valence-electron chi connectivity index (χ1n) is 10.1. The van der Waals surface area contributed by atoms with Crippen molar-refractivity contribution in [3.8, 4) is 0 Å². The summed E-state index contributed by atoms with van der Waals surface area (Å²) in [6, 6.07) is 12.5. The lowest BCUT2D eigenvalue weighted by Gasteiger charge is -2.37. The van der Waals surface area contributed by atoms with E-state index in [1.54, 1.807) is 6.20 Å². The zero-order valence-electron chi connectivity index (χ0n) is 16.4. The Hall–Kier alpha value is -2.44. The van der Waals surface area contributed by atoms with E-state index in [1.807, 2.05) is 35.2 Å². The summed E-state index contributed by atoms with van der Waals surface area (Å²) in [5, 5.41) is 9.11. The molecule has 2 aliphatic rings. The lowest BCUT2D eigenvalue weighted by atomic mass is 10.0. The molecule has 0 radical (unpaired) electrons. The molecule has 0 atom stereocenters. The average Bonchev–Trinajstić information content (AvgIpc) is 3.18. The lowest BCUT2D eigenvalue weighted by Crippen LogP contribution is -2.44. The highest BCUT2D eigenvalue weighted by Gasteiger charge is 2.26. The number of pyridine rings is 1. The molecule has 4 rings (SSSR count). The normalized spacial score (nSPS) is 17.2. The topological polar surface area (TPSA) is 59.9 Å². The van der Waals surface area contributed by atoms with Gasteiger partial charge in [0, 0.05) is 44.1 Å². The Morgan fingerprint density at radius 2 is 1.96 bits per heavy atom. The highest BCUT2D eigenvalue weighted by molar-refractivity contribution is 6.07. The molecule has 0 saturated carbocycles. The van der Waals surface area contributed by atoms with Crippen molar-refractivity contribution in [1.82, 2.24) is 9.88 Å². The Morgan fingerprint density at radius 3 is 2.68 bits per heavy atom. The van der Waals surface area contributed by atoms with Gasteiger partial charge in [-0.25, -0.2) is 4.98 Å². The third kappa shape index (κ3) is 3.75. The molecular formula is C22H28N4O2. The fraction of sp³-hybridized carbons (Fsp3) is 0.455. The fourth-order valence-corrected chi connectivity index (χ4v) is 4.28. The number of piperidine rings is 1. The van der Waals surface area contributed by atoms with Gasteiger partial charge in [0.25, 0.3) is 5.91 Å². The van der Waals surface area contributed by atoms with Crippen molar-refractivity contribution in [3.63, 3.8) is 0 Å². The van der Waals surface area contributed by atoms with E-state index in [0.29, 0.717) is 11.6 Å². The first-order chi connectivity index (χ1) is 13.7. The maximum absolute atomic E-state index is 12.9. The molecule has 6 nitrogen and oxygen atoms in total. The number of aromatic nitrogens is 1. The SMILES string of the molecule is CN(CCO)C1CCN(c2ccc(C(=O)N3CCc4ccccc43)cn2)CC1. The molecule has 1 saturated heterocycles. The van der Waals surface area contributed by atoms with Crippen LogP contribution >= 0.6 is 0 Å². The van der Waals surface area contributed by atoms with Crippen LogP contribution in [-0.4, -0.2) is 66.8 Å². The molecule has 1 fully saturated rings. The minimum atomic E-state index is 0.0216. The van der Waals surface area contributed by atoms with Crippen molar-refractivity contribution in [3.05, 3.63) is 53.7 Å². The molecule has 3 heterocycles. The number of rotatable bonds is 5. The van der Waals surface area contributed by atoms with Gasteiger partial charge in [-0.3, -0.25) is 4.79 Å². The summed E-state index contributed by atoms with van der Waals surface area (Å²) >= 11 is 0. The Balaban J connectivity index is 1.39. The molecule has 1 amide bonds. The molecule has 1 aromatic carbocycles. The summed E-state index contributed by atoms with van der Waals surface area (Å²) in [5.41, 5.74) is 2.89. The van der Waals surface area contributed by atoms with Gasteiger partial charge in [0.15, 0.2) is 0 Å². The first kappa shape index (κ1) is 18.9. The zero-order valence-corrected chi connectivity index (χ0v) is 16.4. The molecular weight excluding hydrogens is 352 g/mol. The number of nitrogens with zero attached hydrogens (tertiary/aromatic N) is 4. The average molecular weight is 380 g/mol. The minimum absolute atomic E-state index is 0.0216. The number of amides is 1. The Bertz CT molecular complexity index is 816. The third-order valence-corrected chi connectivity index (χ3v) is 5.99. The summed E-state index contributed by atoms with van der Waals surface area (Å²) < 4.78 is 0. The van der Waals surface area contributed by atoms with E-state index in [0.717, 1.165) is 56.9 Å². The monoisotopic (exact) mass is 380 g/mol. The van der Waals surface area contributed by atoms with E-state index in [-0.39, 0.29) is 12.5 Å². The number of anilines is 2. The highest BCUT2D eigenvalue weighted by Crippen LogP contribution is 2.29. The van der Waals surface area contributed by atoms with Gasteiger partial charge in [-0.2, -0.15) is 0 Å². The lowest BCUT2D eigenvalue weighted by molar-refractivity contribution is 0.0989. The second-order valence-electron chi connectivity index (χ2n) is 7.66. The third-order valence-electron chi connectivity index (χ3n) is 5.99. The second kappa shape index (κ2) is 8.29. The predicted octanol–water partition coefficient (Wildman–Crippen LogP) is 2.18. The molecule has 28 heavy (non-hydrogen) atoms. The van der Waals surface area contributed by atoms with Gasteiger partial charge >= 0.3 is 0 Å². The van der Waals surface area contributed by atoms with Gasteiger partial charge in [0.1, 0.15) is 5.82 Å². The van der Waals surface area contributed by atoms with Crippen LogP contribution in [-0.2, 0) is 6.42 Å². The number of carbonyl (C=O) groups excluding carboxylic acids is 1. The fourth-order valence-electron chi connectivity index (χ4n) is 4.28. The van der Waals surface area contributed by atoms with Crippen molar-refractivity contribution >= 4 is 17.4 Å². The van der Waals surface area contributed by atoms with Gasteiger partial charge in [-0.1, -0.05) is 18.2 Å². The van der Waals surface area contributed by atoms with E-state index in [4.69, 9.17) is 5.11 Å². The first-order valence-corrected chi connectivity index (χ1v) is 10.1. The number of aliphatic hydroxyl groups excluding tert-OH is 1. The summed E-state index contributed by atoms with van der Waals surface area (Å²) in [6.07, 6.45) is 4.74. The molecule has 0 bridgehead atoms. The Labute approximate surface area is 166 Å². The number of carbonyl (C=O) groups is 1. The van der Waals surface area contributed by atoms with E-state index in [1.165, 1.54) is 5.56 Å². The smallest absolute Gasteiger partial charge is 0.259 e. The van der Waals surface area contributed by atoms with E-state index in [9.17, 15) is 4.79 Å². The number of benzene rings is 1. The van der Waals surface area contributed by atoms with Crippen LogP contribution in [0.5, 0.6) is 0 Å². The number of likely N-dealkylation sites (N-methyl/N-ethyl adjacent to an activating group) is 1. The van der Waals surface area contributed by atoms with Gasteiger partial charge in [-0.05, 0) is 50.1 Å². The number of hydrogen-bond acceptors (Lipinski definition) is 5. The summed E-state index contributed by atoms with van der Waals surface area (Å²) in [6.45, 7) is 3.55. The second-order valence-corrected chi connectivity index (χ2v) is 7.66. The van der Waals surface area contributed by atoms with Crippen molar-refractivity contribution in [2.75, 3.05) is 49.6 Å². The number of hydrogen-bond donors (Lipinski definition) is 1. The maximum atomic E-state index is 12.9. The van der Waals surface area contributed by atoms with Crippen molar-refractivity contribution in [1.29, 1.82) is 0 Å². The summed E-state index contributed by atoms with van der Waals surface area (Å²) in [7, 11) is 2.08. The minimum Gasteiger partial charge on any atom is -0.395 e. The van der Waals surface area contributed by atoms with Gasteiger partial charge < -0.3 is 19.8 Å². The summed E-state index contributed by atoms with van der Waals surface area (Å²) in [5.74, 6) is 0.954. The molecule has 2 aliphatic heterocycles. The van der Waals surface area contributed by atoms with Crippen molar-refractivity contribution in [2.24, 2.45) is 0 Å².